The summed E-state index contributed by atoms with van der Waals surface area (Å²) >= 11 is 12.0. The molecular formula is C19H18Cl2N4O2. The molecule has 3 rings (SSSR count). The number of aromatic nitrogens is 3. The molecule has 6 nitrogen and oxygen atoms in total. The number of hydrogen-bond donors (Lipinski definition) is 0. The highest BCUT2D eigenvalue weighted by Gasteiger charge is 2.18. The predicted octanol–water partition coefficient (Wildman–Crippen LogP) is 4.17. The summed E-state index contributed by atoms with van der Waals surface area (Å²) in [5, 5.41) is 5.00. The topological polar surface area (TPSA) is 60.2 Å². The monoisotopic (exact) mass is 404 g/mol. The molecular weight excluding hydrogens is 387 g/mol. The van der Waals surface area contributed by atoms with Crippen molar-refractivity contribution in [3.63, 3.8) is 0 Å². The summed E-state index contributed by atoms with van der Waals surface area (Å²) in [5.41, 5.74) is 1.90. The number of carbonyl (C=O) groups is 1. The Balaban J connectivity index is 1.63. The lowest BCUT2D eigenvalue weighted by Crippen LogP contribution is -2.33. The number of nitrogens with zero attached hydrogens (tertiary/aromatic N) is 4. The Labute approximate surface area is 167 Å². The van der Waals surface area contributed by atoms with E-state index in [-0.39, 0.29) is 18.6 Å². The smallest absolute Gasteiger partial charge is 0.260 e. The minimum absolute atomic E-state index is 0.124. The van der Waals surface area contributed by atoms with E-state index in [0.29, 0.717) is 15.8 Å². The number of ether oxygens (including phenoxy) is 1. The van der Waals surface area contributed by atoms with Crippen LogP contribution in [0.15, 0.2) is 55.1 Å². The molecule has 1 amide bonds. The third-order valence-electron chi connectivity index (χ3n) is 4.28. The molecule has 0 saturated heterocycles. The second kappa shape index (κ2) is 8.41. The zero-order valence-corrected chi connectivity index (χ0v) is 16.4. The highest BCUT2D eigenvalue weighted by Crippen LogP contribution is 2.28. The van der Waals surface area contributed by atoms with E-state index in [0.717, 1.165) is 11.3 Å². The largest absolute Gasteiger partial charge is 0.482 e. The first-order valence-corrected chi connectivity index (χ1v) is 9.00. The fraction of sp³-hybridized carbons (Fsp3) is 0.211. The third-order valence-corrected chi connectivity index (χ3v) is 4.82. The van der Waals surface area contributed by atoms with E-state index < -0.39 is 0 Å². The van der Waals surface area contributed by atoms with Crippen molar-refractivity contribution in [1.29, 1.82) is 0 Å². The van der Waals surface area contributed by atoms with Crippen LogP contribution in [0.2, 0.25) is 10.0 Å². The molecule has 8 heteroatoms. The first-order valence-electron chi connectivity index (χ1n) is 8.24. The maximum atomic E-state index is 12.5. The Morgan fingerprint density at radius 3 is 2.63 bits per heavy atom. The van der Waals surface area contributed by atoms with E-state index in [9.17, 15) is 4.79 Å². The van der Waals surface area contributed by atoms with E-state index in [4.69, 9.17) is 27.9 Å². The van der Waals surface area contributed by atoms with Crippen LogP contribution >= 0.6 is 23.2 Å². The van der Waals surface area contributed by atoms with Gasteiger partial charge in [-0.1, -0.05) is 35.3 Å². The van der Waals surface area contributed by atoms with Gasteiger partial charge < -0.3 is 9.64 Å². The van der Waals surface area contributed by atoms with E-state index in [1.807, 2.05) is 31.2 Å². The number of halogens is 2. The lowest BCUT2D eigenvalue weighted by atomic mass is 10.1. The second-order valence-corrected chi connectivity index (χ2v) is 6.82. The van der Waals surface area contributed by atoms with Crippen LogP contribution in [0.3, 0.4) is 0 Å². The van der Waals surface area contributed by atoms with E-state index in [1.165, 1.54) is 6.33 Å². The molecule has 0 bridgehead atoms. The molecule has 0 N–H and O–H groups in total. The van der Waals surface area contributed by atoms with Crippen molar-refractivity contribution in [1.82, 2.24) is 19.7 Å². The summed E-state index contributed by atoms with van der Waals surface area (Å²) in [6.45, 7) is 1.83. The van der Waals surface area contributed by atoms with Gasteiger partial charge in [-0.25, -0.2) is 9.67 Å². The summed E-state index contributed by atoms with van der Waals surface area (Å²) in [6, 6.07) is 12.5. The maximum absolute atomic E-state index is 12.5. The maximum Gasteiger partial charge on any atom is 0.260 e. The molecule has 1 unspecified atom stereocenters. The molecule has 0 spiro atoms. The summed E-state index contributed by atoms with van der Waals surface area (Å²) in [4.78, 5) is 18.0. The Bertz CT molecular complexity index is 914. The van der Waals surface area contributed by atoms with Gasteiger partial charge in [0.1, 0.15) is 18.4 Å². The molecule has 0 aliphatic heterocycles. The number of benzene rings is 2. The predicted molar refractivity (Wildman–Crippen MR) is 105 cm³/mol. The molecule has 1 aromatic heterocycles. The van der Waals surface area contributed by atoms with Gasteiger partial charge in [-0.05, 0) is 36.8 Å². The Morgan fingerprint density at radius 2 is 1.96 bits per heavy atom. The van der Waals surface area contributed by atoms with Crippen molar-refractivity contribution in [2.75, 3.05) is 13.7 Å². The standard InChI is InChI=1S/C19H18Cl2N4O2/c1-13(14-3-6-16(7-4-14)25-12-22-11-23-25)24(2)19(26)10-27-18-9-15(20)5-8-17(18)21/h3-9,11-13H,10H2,1-2H3. The van der Waals surface area contributed by atoms with E-state index in [2.05, 4.69) is 10.1 Å². The highest BCUT2D eigenvalue weighted by molar-refractivity contribution is 6.34. The molecule has 0 saturated carbocycles. The van der Waals surface area contributed by atoms with Gasteiger partial charge in [0.15, 0.2) is 6.61 Å². The molecule has 0 radical (unpaired) electrons. The van der Waals surface area contributed by atoms with Gasteiger partial charge in [0.2, 0.25) is 0 Å². The van der Waals surface area contributed by atoms with E-state index in [1.54, 1.807) is 41.2 Å². The van der Waals surface area contributed by atoms with Crippen molar-refractivity contribution >= 4 is 29.1 Å². The van der Waals surface area contributed by atoms with Crippen molar-refractivity contribution in [3.05, 3.63) is 70.7 Å². The average molecular weight is 405 g/mol. The van der Waals surface area contributed by atoms with Crippen molar-refractivity contribution in [2.24, 2.45) is 0 Å². The molecule has 3 aromatic rings. The Kier molecular flexibility index (Phi) is 5.98. The number of amides is 1. The van der Waals surface area contributed by atoms with Gasteiger partial charge in [0, 0.05) is 18.1 Å². The number of likely N-dealkylation sites (N-methyl/N-ethyl adjacent to an activating group) is 1. The molecule has 1 heterocycles. The van der Waals surface area contributed by atoms with Crippen LogP contribution in [-0.4, -0.2) is 39.2 Å². The highest BCUT2D eigenvalue weighted by atomic mass is 35.5. The molecule has 0 fully saturated rings. The van der Waals surface area contributed by atoms with E-state index >= 15 is 0 Å². The third kappa shape index (κ3) is 4.59. The summed E-state index contributed by atoms with van der Waals surface area (Å²) in [6.07, 6.45) is 3.11. The lowest BCUT2D eigenvalue weighted by Gasteiger charge is -2.25. The molecule has 140 valence electrons. The van der Waals surface area contributed by atoms with Crippen molar-refractivity contribution in [3.8, 4) is 11.4 Å². The minimum atomic E-state index is -0.168. The fourth-order valence-corrected chi connectivity index (χ4v) is 2.85. The molecule has 2 aromatic carbocycles. The van der Waals surface area contributed by atoms with Gasteiger partial charge >= 0.3 is 0 Å². The van der Waals surface area contributed by atoms with Crippen molar-refractivity contribution in [2.45, 2.75) is 13.0 Å². The number of carbonyl (C=O) groups excluding carboxylic acids is 1. The van der Waals surface area contributed by atoms with Crippen LogP contribution in [0.1, 0.15) is 18.5 Å². The summed E-state index contributed by atoms with van der Waals surface area (Å²) in [5.74, 6) is 0.217. The van der Waals surface area contributed by atoms with Gasteiger partial charge in [-0.3, -0.25) is 4.79 Å². The van der Waals surface area contributed by atoms with Crippen LogP contribution in [0.5, 0.6) is 5.75 Å². The zero-order chi connectivity index (χ0) is 19.4. The van der Waals surface area contributed by atoms with Gasteiger partial charge in [0.25, 0.3) is 5.91 Å². The lowest BCUT2D eigenvalue weighted by molar-refractivity contribution is -0.134. The molecule has 0 aliphatic carbocycles. The van der Waals surface area contributed by atoms with Crippen LogP contribution < -0.4 is 4.74 Å². The first kappa shape index (κ1) is 19.2. The Morgan fingerprint density at radius 1 is 1.22 bits per heavy atom. The normalized spacial score (nSPS) is 11.9. The summed E-state index contributed by atoms with van der Waals surface area (Å²) in [7, 11) is 1.74. The van der Waals surface area contributed by atoms with Crippen LogP contribution in [0.4, 0.5) is 0 Å². The van der Waals surface area contributed by atoms with Crippen molar-refractivity contribution < 1.29 is 9.53 Å². The van der Waals surface area contributed by atoms with Crippen LogP contribution in [0, 0.1) is 0 Å². The molecule has 1 atom stereocenters. The first-order chi connectivity index (χ1) is 13.0. The van der Waals surface area contributed by atoms with Gasteiger partial charge in [0.05, 0.1) is 16.8 Å². The Hall–Kier alpha value is -2.57. The fourth-order valence-electron chi connectivity index (χ4n) is 2.52. The number of hydrogen-bond acceptors (Lipinski definition) is 4. The van der Waals surface area contributed by atoms with Crippen LogP contribution in [-0.2, 0) is 4.79 Å². The quantitative estimate of drug-likeness (QED) is 0.618. The summed E-state index contributed by atoms with van der Waals surface area (Å²) < 4.78 is 7.20. The van der Waals surface area contributed by atoms with Gasteiger partial charge in [-0.15, -0.1) is 0 Å². The SMILES string of the molecule is CC(c1ccc(-n2cncn2)cc1)N(C)C(=O)COc1cc(Cl)ccc1Cl. The zero-order valence-electron chi connectivity index (χ0n) is 14.8. The molecule has 27 heavy (non-hydrogen) atoms. The molecule has 0 aliphatic rings. The second-order valence-electron chi connectivity index (χ2n) is 5.98. The number of rotatable bonds is 6. The van der Waals surface area contributed by atoms with Crippen LogP contribution in [0.25, 0.3) is 5.69 Å². The average Bonchev–Trinajstić information content (AvgIpc) is 3.22. The minimum Gasteiger partial charge on any atom is -0.482 e. The van der Waals surface area contributed by atoms with Gasteiger partial charge in [-0.2, -0.15) is 5.10 Å².